The largest absolute Gasteiger partial charge is 0.478 e. The maximum absolute atomic E-state index is 12.5. The van der Waals surface area contributed by atoms with Gasteiger partial charge in [0.15, 0.2) is 0 Å². The molecule has 0 saturated carbocycles. The molecule has 1 aromatic rings. The van der Waals surface area contributed by atoms with E-state index in [4.69, 9.17) is 5.11 Å². The lowest BCUT2D eigenvalue weighted by atomic mass is 9.96. The van der Waals surface area contributed by atoms with Crippen molar-refractivity contribution in [2.75, 3.05) is 0 Å². The number of carboxylic acids is 1. The Hall–Kier alpha value is -1.52. The van der Waals surface area contributed by atoms with E-state index >= 15 is 0 Å². The van der Waals surface area contributed by atoms with E-state index < -0.39 is 17.7 Å². The molecule has 0 spiro atoms. The van der Waals surface area contributed by atoms with Gasteiger partial charge in [-0.2, -0.15) is 13.2 Å². The zero-order valence-corrected chi connectivity index (χ0v) is 8.85. The molecule has 1 rings (SSSR count). The van der Waals surface area contributed by atoms with Crippen molar-refractivity contribution in [2.24, 2.45) is 0 Å². The summed E-state index contributed by atoms with van der Waals surface area (Å²) in [6, 6.07) is 1.76. The zero-order valence-electron chi connectivity index (χ0n) is 8.85. The van der Waals surface area contributed by atoms with Crippen LogP contribution >= 0.6 is 0 Å². The molecule has 5 heteroatoms. The number of rotatable bonds is 2. The Balaban J connectivity index is 3.44. The van der Waals surface area contributed by atoms with Crippen LogP contribution in [0.1, 0.15) is 34.0 Å². The number of hydrogen-bond donors (Lipinski definition) is 1. The fourth-order valence-electron chi connectivity index (χ4n) is 1.61. The van der Waals surface area contributed by atoms with E-state index in [1.165, 1.54) is 6.92 Å². The molecule has 0 unspecified atom stereocenters. The van der Waals surface area contributed by atoms with Crippen LogP contribution in [-0.4, -0.2) is 11.1 Å². The first kappa shape index (κ1) is 12.5. The Bertz CT molecular complexity index is 422. The summed E-state index contributed by atoms with van der Waals surface area (Å²) in [5.74, 6) is -1.19. The monoisotopic (exact) mass is 232 g/mol. The van der Waals surface area contributed by atoms with E-state index in [1.54, 1.807) is 6.92 Å². The van der Waals surface area contributed by atoms with E-state index in [1.807, 2.05) is 0 Å². The van der Waals surface area contributed by atoms with Gasteiger partial charge < -0.3 is 5.11 Å². The SMILES string of the molecule is CCc1cc(C(F)(F)F)cc(C)c1C(=O)O. The summed E-state index contributed by atoms with van der Waals surface area (Å²) < 4.78 is 37.4. The number of carboxylic acid groups (broad SMARTS) is 1. The Morgan fingerprint density at radius 2 is 1.94 bits per heavy atom. The quantitative estimate of drug-likeness (QED) is 0.849. The number of aryl methyl sites for hydroxylation is 2. The molecule has 0 radical (unpaired) electrons. The maximum Gasteiger partial charge on any atom is 0.416 e. The van der Waals surface area contributed by atoms with Crippen LogP contribution in [-0.2, 0) is 12.6 Å². The first-order valence-corrected chi connectivity index (χ1v) is 4.71. The minimum absolute atomic E-state index is 0.0319. The molecule has 0 fully saturated rings. The molecular formula is C11H11F3O2. The van der Waals surface area contributed by atoms with Gasteiger partial charge in [0.05, 0.1) is 11.1 Å². The van der Waals surface area contributed by atoms with Crippen molar-refractivity contribution in [1.29, 1.82) is 0 Å². The third-order valence-electron chi connectivity index (χ3n) is 2.34. The Morgan fingerprint density at radius 1 is 1.38 bits per heavy atom. The summed E-state index contributed by atoms with van der Waals surface area (Å²) in [6.45, 7) is 3.00. The zero-order chi connectivity index (χ0) is 12.5. The molecule has 0 atom stereocenters. The summed E-state index contributed by atoms with van der Waals surface area (Å²) in [6.07, 6.45) is -4.18. The van der Waals surface area contributed by atoms with Crippen LogP contribution in [0.25, 0.3) is 0 Å². The van der Waals surface area contributed by atoms with Gasteiger partial charge in [0, 0.05) is 0 Å². The molecule has 2 nitrogen and oxygen atoms in total. The molecule has 1 N–H and O–H groups in total. The highest BCUT2D eigenvalue weighted by Crippen LogP contribution is 2.32. The van der Waals surface area contributed by atoms with Gasteiger partial charge in [-0.15, -0.1) is 0 Å². The van der Waals surface area contributed by atoms with Crippen molar-refractivity contribution in [3.05, 3.63) is 34.4 Å². The van der Waals surface area contributed by atoms with Crippen molar-refractivity contribution in [1.82, 2.24) is 0 Å². The van der Waals surface area contributed by atoms with Gasteiger partial charge >= 0.3 is 12.1 Å². The van der Waals surface area contributed by atoms with Gasteiger partial charge in [0.2, 0.25) is 0 Å². The summed E-state index contributed by atoms with van der Waals surface area (Å²) in [5.41, 5.74) is -0.485. The Labute approximate surface area is 90.7 Å². The number of alkyl halides is 3. The summed E-state index contributed by atoms with van der Waals surface area (Å²) in [4.78, 5) is 10.9. The smallest absolute Gasteiger partial charge is 0.416 e. The van der Waals surface area contributed by atoms with Crippen molar-refractivity contribution >= 4 is 5.97 Å². The molecule has 0 amide bonds. The minimum atomic E-state index is -4.44. The lowest BCUT2D eigenvalue weighted by molar-refractivity contribution is -0.137. The fraction of sp³-hybridized carbons (Fsp3) is 0.364. The first-order chi connectivity index (χ1) is 7.27. The number of hydrogen-bond acceptors (Lipinski definition) is 1. The lowest BCUT2D eigenvalue weighted by Crippen LogP contribution is -2.11. The highest BCUT2D eigenvalue weighted by atomic mass is 19.4. The third kappa shape index (κ3) is 2.35. The Kier molecular flexibility index (Phi) is 3.26. The van der Waals surface area contributed by atoms with Crippen molar-refractivity contribution in [3.8, 4) is 0 Å². The number of carbonyl (C=O) groups is 1. The summed E-state index contributed by atoms with van der Waals surface area (Å²) in [5, 5.41) is 8.89. The van der Waals surface area contributed by atoms with Gasteiger partial charge in [-0.25, -0.2) is 4.79 Å². The molecule has 16 heavy (non-hydrogen) atoms. The minimum Gasteiger partial charge on any atom is -0.478 e. The number of benzene rings is 1. The maximum atomic E-state index is 12.5. The van der Waals surface area contributed by atoms with Gasteiger partial charge in [0.1, 0.15) is 0 Å². The molecule has 0 aromatic heterocycles. The van der Waals surface area contributed by atoms with Crippen LogP contribution in [0.15, 0.2) is 12.1 Å². The number of aromatic carboxylic acids is 1. The predicted molar refractivity (Wildman–Crippen MR) is 52.5 cm³/mol. The summed E-state index contributed by atoms with van der Waals surface area (Å²) in [7, 11) is 0. The van der Waals surface area contributed by atoms with E-state index in [9.17, 15) is 18.0 Å². The van der Waals surface area contributed by atoms with Crippen molar-refractivity contribution in [2.45, 2.75) is 26.4 Å². The third-order valence-corrected chi connectivity index (χ3v) is 2.34. The fourth-order valence-corrected chi connectivity index (χ4v) is 1.61. The van der Waals surface area contributed by atoms with Crippen LogP contribution in [0.2, 0.25) is 0 Å². The topological polar surface area (TPSA) is 37.3 Å². The molecule has 0 saturated heterocycles. The highest BCUT2D eigenvalue weighted by molar-refractivity contribution is 5.91. The molecule has 0 bridgehead atoms. The second kappa shape index (κ2) is 4.15. The van der Waals surface area contributed by atoms with Crippen LogP contribution in [0.4, 0.5) is 13.2 Å². The highest BCUT2D eigenvalue weighted by Gasteiger charge is 2.32. The predicted octanol–water partition coefficient (Wildman–Crippen LogP) is 3.27. The van der Waals surface area contributed by atoms with Crippen LogP contribution in [0.5, 0.6) is 0 Å². The molecule has 0 aliphatic carbocycles. The van der Waals surface area contributed by atoms with Crippen LogP contribution in [0.3, 0.4) is 0 Å². The van der Waals surface area contributed by atoms with E-state index in [0.717, 1.165) is 12.1 Å². The molecule has 0 aliphatic rings. The molecular weight excluding hydrogens is 221 g/mol. The second-order valence-corrected chi connectivity index (χ2v) is 3.48. The van der Waals surface area contributed by atoms with Crippen LogP contribution in [0, 0.1) is 6.92 Å². The average molecular weight is 232 g/mol. The van der Waals surface area contributed by atoms with Crippen molar-refractivity contribution < 1.29 is 23.1 Å². The van der Waals surface area contributed by atoms with Gasteiger partial charge in [0.25, 0.3) is 0 Å². The van der Waals surface area contributed by atoms with Gasteiger partial charge in [-0.05, 0) is 36.6 Å². The second-order valence-electron chi connectivity index (χ2n) is 3.48. The van der Waals surface area contributed by atoms with Crippen LogP contribution < -0.4 is 0 Å². The first-order valence-electron chi connectivity index (χ1n) is 4.71. The van der Waals surface area contributed by atoms with E-state index in [0.29, 0.717) is 0 Å². The molecule has 0 aliphatic heterocycles. The number of halogens is 3. The van der Waals surface area contributed by atoms with Gasteiger partial charge in [-0.1, -0.05) is 6.92 Å². The molecule has 88 valence electrons. The average Bonchev–Trinajstić information content (AvgIpc) is 2.14. The van der Waals surface area contributed by atoms with E-state index in [-0.39, 0.29) is 23.1 Å². The lowest BCUT2D eigenvalue weighted by Gasteiger charge is -2.13. The Morgan fingerprint density at radius 3 is 2.31 bits per heavy atom. The van der Waals surface area contributed by atoms with Gasteiger partial charge in [-0.3, -0.25) is 0 Å². The summed E-state index contributed by atoms with van der Waals surface area (Å²) >= 11 is 0. The standard InChI is InChI=1S/C11H11F3O2/c1-3-7-5-8(11(12,13)14)4-6(2)9(7)10(15)16/h4-5H,3H2,1-2H3,(H,15,16). The molecule has 1 aromatic carbocycles. The molecule has 0 heterocycles. The van der Waals surface area contributed by atoms with E-state index in [2.05, 4.69) is 0 Å². The normalized spacial score (nSPS) is 11.6. The van der Waals surface area contributed by atoms with Crippen molar-refractivity contribution in [3.63, 3.8) is 0 Å².